The Morgan fingerprint density at radius 2 is 2.09 bits per heavy atom. The molecule has 1 N–H and O–H groups in total. The largest absolute Gasteiger partial charge is 0.481 e. The molecule has 1 saturated heterocycles. The lowest BCUT2D eigenvalue weighted by Gasteiger charge is -2.34. The van der Waals surface area contributed by atoms with E-state index in [1.54, 1.807) is 11.3 Å². The molecule has 5 heteroatoms. The number of likely N-dealkylation sites (tertiary alicyclic amines) is 1. The molecule has 2 aromatic rings. The van der Waals surface area contributed by atoms with Crippen molar-refractivity contribution in [2.24, 2.45) is 11.8 Å². The van der Waals surface area contributed by atoms with Crippen molar-refractivity contribution in [3.05, 3.63) is 45.7 Å². The number of aliphatic carboxylic acids is 1. The number of nitrogens with zero attached hydrogens (tertiary/aromatic N) is 1. The minimum atomic E-state index is -0.665. The van der Waals surface area contributed by atoms with Crippen LogP contribution in [-0.4, -0.2) is 29.1 Å². The van der Waals surface area contributed by atoms with Crippen LogP contribution in [0.25, 0.3) is 10.4 Å². The van der Waals surface area contributed by atoms with E-state index in [4.69, 9.17) is 0 Å². The van der Waals surface area contributed by atoms with Crippen LogP contribution in [0.5, 0.6) is 0 Å². The van der Waals surface area contributed by atoms with E-state index in [2.05, 4.69) is 52.0 Å². The second kappa shape index (κ2) is 7.16. The molecule has 0 amide bonds. The molecule has 2 heterocycles. The summed E-state index contributed by atoms with van der Waals surface area (Å²) >= 11 is 5.39. The number of rotatable bonds is 4. The standard InChI is InChI=1S/C18H20BrNO2S/c1-12-8-13(18(21)22)10-20(9-12)11-14-6-7-17(23-14)15-4-2-3-5-16(15)19/h2-7,12-13H,8-11H2,1H3,(H,21,22). The number of carboxylic acids is 1. The van der Waals surface area contributed by atoms with Gasteiger partial charge in [0.1, 0.15) is 0 Å². The zero-order chi connectivity index (χ0) is 16.4. The van der Waals surface area contributed by atoms with Crippen LogP contribution >= 0.6 is 27.3 Å². The Kier molecular flexibility index (Phi) is 5.19. The third kappa shape index (κ3) is 4.03. The van der Waals surface area contributed by atoms with Crippen molar-refractivity contribution in [1.29, 1.82) is 0 Å². The van der Waals surface area contributed by atoms with Gasteiger partial charge in [-0.2, -0.15) is 0 Å². The quantitative estimate of drug-likeness (QED) is 0.816. The molecule has 2 atom stereocenters. The monoisotopic (exact) mass is 393 g/mol. The topological polar surface area (TPSA) is 40.5 Å². The Hall–Kier alpha value is -1.17. The van der Waals surface area contributed by atoms with E-state index in [0.717, 1.165) is 24.0 Å². The van der Waals surface area contributed by atoms with Crippen molar-refractivity contribution in [3.8, 4) is 10.4 Å². The van der Waals surface area contributed by atoms with Crippen LogP contribution < -0.4 is 0 Å². The van der Waals surface area contributed by atoms with Gasteiger partial charge < -0.3 is 5.11 Å². The average molecular weight is 394 g/mol. The summed E-state index contributed by atoms with van der Waals surface area (Å²) in [6.45, 7) is 4.61. The van der Waals surface area contributed by atoms with Gasteiger partial charge in [0.2, 0.25) is 0 Å². The van der Waals surface area contributed by atoms with Crippen LogP contribution in [0.15, 0.2) is 40.9 Å². The molecule has 0 bridgehead atoms. The highest BCUT2D eigenvalue weighted by atomic mass is 79.9. The fraction of sp³-hybridized carbons (Fsp3) is 0.389. The molecule has 1 fully saturated rings. The molecule has 3 nitrogen and oxygen atoms in total. The molecular weight excluding hydrogens is 374 g/mol. The van der Waals surface area contributed by atoms with E-state index in [1.165, 1.54) is 15.3 Å². The van der Waals surface area contributed by atoms with E-state index in [1.807, 2.05) is 12.1 Å². The van der Waals surface area contributed by atoms with E-state index in [-0.39, 0.29) is 5.92 Å². The lowest BCUT2D eigenvalue weighted by atomic mass is 9.90. The van der Waals surface area contributed by atoms with Gasteiger partial charge in [-0.1, -0.05) is 41.1 Å². The first-order valence-corrected chi connectivity index (χ1v) is 9.42. The van der Waals surface area contributed by atoms with Gasteiger partial charge in [0.05, 0.1) is 5.92 Å². The highest BCUT2D eigenvalue weighted by Crippen LogP contribution is 2.34. The summed E-state index contributed by atoms with van der Waals surface area (Å²) in [5, 5.41) is 9.29. The van der Waals surface area contributed by atoms with Crippen LogP contribution in [-0.2, 0) is 11.3 Å². The smallest absolute Gasteiger partial charge is 0.307 e. The molecule has 0 aliphatic carbocycles. The number of carboxylic acid groups (broad SMARTS) is 1. The second-order valence-corrected chi connectivity index (χ2v) is 8.34. The molecule has 23 heavy (non-hydrogen) atoms. The van der Waals surface area contributed by atoms with Gasteiger partial charge in [-0.3, -0.25) is 9.69 Å². The number of hydrogen-bond acceptors (Lipinski definition) is 3. The number of carbonyl (C=O) groups is 1. The predicted molar refractivity (Wildman–Crippen MR) is 97.6 cm³/mol. The van der Waals surface area contributed by atoms with Crippen molar-refractivity contribution in [2.75, 3.05) is 13.1 Å². The summed E-state index contributed by atoms with van der Waals surface area (Å²) in [4.78, 5) is 16.1. The highest BCUT2D eigenvalue weighted by molar-refractivity contribution is 9.10. The Morgan fingerprint density at radius 3 is 2.83 bits per heavy atom. The van der Waals surface area contributed by atoms with Crippen molar-refractivity contribution >= 4 is 33.2 Å². The maximum absolute atomic E-state index is 11.3. The van der Waals surface area contributed by atoms with E-state index in [0.29, 0.717) is 12.5 Å². The number of benzene rings is 1. The van der Waals surface area contributed by atoms with Crippen molar-refractivity contribution in [3.63, 3.8) is 0 Å². The van der Waals surface area contributed by atoms with Gasteiger partial charge in [0.25, 0.3) is 0 Å². The fourth-order valence-corrected chi connectivity index (χ4v) is 4.98. The molecule has 1 aromatic carbocycles. The molecule has 1 aromatic heterocycles. The summed E-state index contributed by atoms with van der Waals surface area (Å²) < 4.78 is 1.10. The summed E-state index contributed by atoms with van der Waals surface area (Å²) in [5.74, 6) is -0.462. The van der Waals surface area contributed by atoms with Crippen LogP contribution in [0.1, 0.15) is 18.2 Å². The average Bonchev–Trinajstić information content (AvgIpc) is 2.95. The second-order valence-electron chi connectivity index (χ2n) is 6.32. The highest BCUT2D eigenvalue weighted by Gasteiger charge is 2.29. The molecule has 3 rings (SSSR count). The van der Waals surface area contributed by atoms with Crippen molar-refractivity contribution < 1.29 is 9.90 Å². The summed E-state index contributed by atoms with van der Waals surface area (Å²) in [7, 11) is 0. The van der Waals surface area contributed by atoms with Crippen LogP contribution in [0.4, 0.5) is 0 Å². The van der Waals surface area contributed by atoms with Crippen LogP contribution in [0.2, 0.25) is 0 Å². The predicted octanol–water partition coefficient (Wildman–Crippen LogP) is 4.72. The van der Waals surface area contributed by atoms with Gasteiger partial charge in [-0.05, 0) is 30.5 Å². The third-order valence-corrected chi connectivity index (χ3v) is 6.06. The Balaban J connectivity index is 1.72. The van der Waals surface area contributed by atoms with Crippen molar-refractivity contribution in [2.45, 2.75) is 19.9 Å². The zero-order valence-electron chi connectivity index (χ0n) is 13.0. The lowest BCUT2D eigenvalue weighted by molar-refractivity contribution is -0.144. The molecule has 122 valence electrons. The maximum Gasteiger partial charge on any atom is 0.307 e. The zero-order valence-corrected chi connectivity index (χ0v) is 15.4. The first-order valence-electron chi connectivity index (χ1n) is 7.81. The molecule has 1 aliphatic rings. The molecule has 0 spiro atoms. The molecule has 0 radical (unpaired) electrons. The first kappa shape index (κ1) is 16.7. The Bertz CT molecular complexity index is 700. The fourth-order valence-electron chi connectivity index (χ4n) is 3.26. The SMILES string of the molecule is CC1CC(C(=O)O)CN(Cc2ccc(-c3ccccc3Br)s2)C1. The number of halogens is 1. The summed E-state index contributed by atoms with van der Waals surface area (Å²) in [6.07, 6.45) is 0.790. The lowest BCUT2D eigenvalue weighted by Crippen LogP contribution is -2.41. The normalized spacial score (nSPS) is 22.2. The van der Waals surface area contributed by atoms with Crippen LogP contribution in [0, 0.1) is 11.8 Å². The first-order chi connectivity index (χ1) is 11.0. The van der Waals surface area contributed by atoms with E-state index in [9.17, 15) is 9.90 Å². The maximum atomic E-state index is 11.3. The molecule has 0 saturated carbocycles. The van der Waals surface area contributed by atoms with Gasteiger partial charge in [-0.25, -0.2) is 0 Å². The van der Waals surface area contributed by atoms with Gasteiger partial charge in [0, 0.05) is 39.4 Å². The Labute approximate surface area is 149 Å². The number of hydrogen-bond donors (Lipinski definition) is 1. The van der Waals surface area contributed by atoms with Gasteiger partial charge in [0.15, 0.2) is 0 Å². The van der Waals surface area contributed by atoms with E-state index >= 15 is 0 Å². The Morgan fingerprint density at radius 1 is 1.30 bits per heavy atom. The van der Waals surface area contributed by atoms with Gasteiger partial charge in [-0.15, -0.1) is 11.3 Å². The number of piperidine rings is 1. The van der Waals surface area contributed by atoms with E-state index < -0.39 is 5.97 Å². The summed E-state index contributed by atoms with van der Waals surface area (Å²) in [5.41, 5.74) is 1.21. The van der Waals surface area contributed by atoms with Gasteiger partial charge >= 0.3 is 5.97 Å². The molecule has 2 unspecified atom stereocenters. The van der Waals surface area contributed by atoms with Crippen molar-refractivity contribution in [1.82, 2.24) is 4.90 Å². The van der Waals surface area contributed by atoms with Crippen LogP contribution in [0.3, 0.4) is 0 Å². The third-order valence-electron chi connectivity index (χ3n) is 4.26. The summed E-state index contributed by atoms with van der Waals surface area (Å²) in [6, 6.07) is 12.5. The minimum absolute atomic E-state index is 0.235. The molecular formula is C18H20BrNO2S. The molecule has 1 aliphatic heterocycles. The number of thiophene rings is 1. The minimum Gasteiger partial charge on any atom is -0.481 e.